The minimum atomic E-state index is -0.929. The van der Waals surface area contributed by atoms with Crippen LogP contribution in [0.25, 0.3) is 11.1 Å². The van der Waals surface area contributed by atoms with Crippen molar-refractivity contribution in [1.82, 2.24) is 0 Å². The van der Waals surface area contributed by atoms with E-state index in [0.717, 1.165) is 16.9 Å². The van der Waals surface area contributed by atoms with Gasteiger partial charge in [-0.25, -0.2) is 4.79 Å². The Labute approximate surface area is 99.3 Å². The van der Waals surface area contributed by atoms with Crippen molar-refractivity contribution in [2.24, 2.45) is 0 Å². The Morgan fingerprint density at radius 2 is 1.88 bits per heavy atom. The van der Waals surface area contributed by atoms with E-state index in [1.54, 1.807) is 25.3 Å². The molecule has 3 nitrogen and oxygen atoms in total. The lowest BCUT2D eigenvalue weighted by molar-refractivity contribution is 0.0697. The van der Waals surface area contributed by atoms with Gasteiger partial charge >= 0.3 is 5.97 Å². The van der Waals surface area contributed by atoms with Gasteiger partial charge in [0.05, 0.1) is 12.7 Å². The number of hydrogen-bond acceptors (Lipinski definition) is 2. The molecule has 86 valence electrons. The summed E-state index contributed by atoms with van der Waals surface area (Å²) in [6.07, 6.45) is 0. The van der Waals surface area contributed by atoms with Gasteiger partial charge in [0.15, 0.2) is 0 Å². The van der Waals surface area contributed by atoms with Crippen LogP contribution in [0, 0.1) is 0 Å². The fraction of sp³-hybridized carbons (Fsp3) is 0.0714. The Morgan fingerprint density at radius 1 is 1.12 bits per heavy atom. The molecule has 0 unspecified atom stereocenters. The average molecular weight is 228 g/mol. The van der Waals surface area contributed by atoms with Crippen molar-refractivity contribution >= 4 is 5.97 Å². The maximum absolute atomic E-state index is 10.9. The van der Waals surface area contributed by atoms with Crippen molar-refractivity contribution in [2.45, 2.75) is 0 Å². The Kier molecular flexibility index (Phi) is 3.10. The van der Waals surface area contributed by atoms with Gasteiger partial charge in [-0.1, -0.05) is 30.3 Å². The van der Waals surface area contributed by atoms with Crippen LogP contribution in [0.2, 0.25) is 0 Å². The Bertz CT molecular complexity index is 547. The maximum atomic E-state index is 10.9. The zero-order chi connectivity index (χ0) is 12.3. The van der Waals surface area contributed by atoms with Crippen LogP contribution in [0.1, 0.15) is 10.4 Å². The number of methoxy groups -OCH3 is 1. The number of rotatable bonds is 3. The molecule has 0 heterocycles. The molecule has 0 atom stereocenters. The van der Waals surface area contributed by atoms with Gasteiger partial charge in [0.25, 0.3) is 0 Å². The van der Waals surface area contributed by atoms with Crippen molar-refractivity contribution in [2.75, 3.05) is 7.11 Å². The van der Waals surface area contributed by atoms with E-state index >= 15 is 0 Å². The molecule has 2 aromatic carbocycles. The van der Waals surface area contributed by atoms with Crippen molar-refractivity contribution in [3.05, 3.63) is 54.1 Å². The van der Waals surface area contributed by atoms with E-state index in [0.29, 0.717) is 0 Å². The first kappa shape index (κ1) is 11.2. The fourth-order valence-corrected chi connectivity index (χ4v) is 1.70. The quantitative estimate of drug-likeness (QED) is 0.878. The van der Waals surface area contributed by atoms with Crippen molar-refractivity contribution in [1.29, 1.82) is 0 Å². The first-order chi connectivity index (χ1) is 8.22. The number of carbonyl (C=O) groups is 1. The Balaban J connectivity index is 2.52. The van der Waals surface area contributed by atoms with Gasteiger partial charge in [-0.3, -0.25) is 0 Å². The maximum Gasteiger partial charge on any atom is 0.335 e. The molecule has 0 saturated carbocycles. The number of ether oxygens (including phenoxy) is 1. The third kappa shape index (κ3) is 2.28. The summed E-state index contributed by atoms with van der Waals surface area (Å²) < 4.78 is 5.25. The Morgan fingerprint density at radius 3 is 2.59 bits per heavy atom. The molecule has 0 bridgehead atoms. The first-order valence-corrected chi connectivity index (χ1v) is 5.19. The van der Waals surface area contributed by atoms with Gasteiger partial charge in [0.2, 0.25) is 0 Å². The highest BCUT2D eigenvalue weighted by Crippen LogP contribution is 2.29. The summed E-state index contributed by atoms with van der Waals surface area (Å²) in [5.74, 6) is -0.197. The standard InChI is InChI=1S/C14H12O3/c1-17-13-8-3-2-7-12(13)10-5-4-6-11(9-10)14(15)16/h2-9H,1H3,(H,15,16). The van der Waals surface area contributed by atoms with Crippen LogP contribution in [0.4, 0.5) is 0 Å². The second-order valence-corrected chi connectivity index (χ2v) is 3.59. The normalized spacial score (nSPS) is 9.94. The smallest absolute Gasteiger partial charge is 0.335 e. The molecule has 17 heavy (non-hydrogen) atoms. The molecule has 2 aromatic rings. The van der Waals surface area contributed by atoms with Gasteiger partial charge in [0.1, 0.15) is 5.75 Å². The monoisotopic (exact) mass is 228 g/mol. The number of carboxylic acids is 1. The highest BCUT2D eigenvalue weighted by atomic mass is 16.5. The topological polar surface area (TPSA) is 46.5 Å². The van der Waals surface area contributed by atoms with Crippen LogP contribution < -0.4 is 4.74 Å². The predicted molar refractivity (Wildman–Crippen MR) is 65.4 cm³/mol. The lowest BCUT2D eigenvalue weighted by Crippen LogP contribution is -1.96. The van der Waals surface area contributed by atoms with Crippen LogP contribution in [-0.4, -0.2) is 18.2 Å². The van der Waals surface area contributed by atoms with Crippen molar-refractivity contribution < 1.29 is 14.6 Å². The molecule has 0 radical (unpaired) electrons. The summed E-state index contributed by atoms with van der Waals surface area (Å²) in [5.41, 5.74) is 1.99. The van der Waals surface area contributed by atoms with Crippen LogP contribution in [-0.2, 0) is 0 Å². The number of benzene rings is 2. The number of para-hydroxylation sites is 1. The lowest BCUT2D eigenvalue weighted by Gasteiger charge is -2.08. The van der Waals surface area contributed by atoms with E-state index < -0.39 is 5.97 Å². The first-order valence-electron chi connectivity index (χ1n) is 5.19. The summed E-state index contributed by atoms with van der Waals surface area (Å²) in [6.45, 7) is 0. The molecule has 0 saturated heterocycles. The van der Waals surface area contributed by atoms with E-state index in [2.05, 4.69) is 0 Å². The van der Waals surface area contributed by atoms with Gasteiger partial charge < -0.3 is 9.84 Å². The molecule has 0 spiro atoms. The largest absolute Gasteiger partial charge is 0.496 e. The van der Waals surface area contributed by atoms with E-state index in [1.807, 2.05) is 30.3 Å². The number of carboxylic acid groups (broad SMARTS) is 1. The van der Waals surface area contributed by atoms with Gasteiger partial charge in [-0.2, -0.15) is 0 Å². The summed E-state index contributed by atoms with van der Waals surface area (Å²) in [6, 6.07) is 14.3. The van der Waals surface area contributed by atoms with Crippen LogP contribution in [0.3, 0.4) is 0 Å². The minimum absolute atomic E-state index is 0.272. The SMILES string of the molecule is COc1ccccc1-c1cccc(C(=O)O)c1. The van der Waals surface area contributed by atoms with E-state index in [1.165, 1.54) is 0 Å². The van der Waals surface area contributed by atoms with Crippen molar-refractivity contribution in [3.63, 3.8) is 0 Å². The zero-order valence-corrected chi connectivity index (χ0v) is 9.38. The molecular formula is C14H12O3. The third-order valence-corrected chi connectivity index (χ3v) is 2.53. The number of hydrogen-bond donors (Lipinski definition) is 1. The molecular weight excluding hydrogens is 216 g/mol. The minimum Gasteiger partial charge on any atom is -0.496 e. The van der Waals surface area contributed by atoms with E-state index in [9.17, 15) is 4.79 Å². The summed E-state index contributed by atoms with van der Waals surface area (Å²) in [7, 11) is 1.60. The molecule has 0 fully saturated rings. The molecule has 0 amide bonds. The Hall–Kier alpha value is -2.29. The average Bonchev–Trinajstić information content (AvgIpc) is 2.39. The summed E-state index contributed by atoms with van der Waals surface area (Å²) in [5, 5.41) is 8.95. The highest BCUT2D eigenvalue weighted by Gasteiger charge is 2.07. The van der Waals surface area contributed by atoms with Gasteiger partial charge in [-0.15, -0.1) is 0 Å². The third-order valence-electron chi connectivity index (χ3n) is 2.53. The molecule has 1 N–H and O–H groups in total. The van der Waals surface area contributed by atoms with Crippen LogP contribution in [0.5, 0.6) is 5.75 Å². The van der Waals surface area contributed by atoms with E-state index in [4.69, 9.17) is 9.84 Å². The molecule has 2 rings (SSSR count). The van der Waals surface area contributed by atoms with Crippen molar-refractivity contribution in [3.8, 4) is 16.9 Å². The molecule has 0 aliphatic rings. The van der Waals surface area contributed by atoms with Crippen LogP contribution >= 0.6 is 0 Å². The molecule has 3 heteroatoms. The highest BCUT2D eigenvalue weighted by molar-refractivity contribution is 5.89. The van der Waals surface area contributed by atoms with Gasteiger partial charge in [-0.05, 0) is 23.8 Å². The van der Waals surface area contributed by atoms with Gasteiger partial charge in [0, 0.05) is 5.56 Å². The lowest BCUT2D eigenvalue weighted by atomic mass is 10.0. The predicted octanol–water partition coefficient (Wildman–Crippen LogP) is 3.06. The summed E-state index contributed by atoms with van der Waals surface area (Å²) >= 11 is 0. The fourth-order valence-electron chi connectivity index (χ4n) is 1.70. The molecule has 0 aromatic heterocycles. The molecule has 0 aliphatic carbocycles. The molecule has 0 aliphatic heterocycles. The summed E-state index contributed by atoms with van der Waals surface area (Å²) in [4.78, 5) is 10.9. The van der Waals surface area contributed by atoms with E-state index in [-0.39, 0.29) is 5.56 Å². The number of aromatic carboxylic acids is 1. The van der Waals surface area contributed by atoms with Crippen LogP contribution in [0.15, 0.2) is 48.5 Å². The second-order valence-electron chi connectivity index (χ2n) is 3.59. The second kappa shape index (κ2) is 4.70. The zero-order valence-electron chi connectivity index (χ0n) is 9.38.